The standard InChI is InChI=1S/C26H34N4O3S/c1-27-24(31)21(14-17-8-4-2-5-9-17)29-25(32)22(19-12-13-34-16-19)30-26(33)23-20(15-28-23)18-10-6-3-7-11-18/h3,6-7,10-13,16-17,20-23,28H,2,4-5,8-9,14-15H2,1H3,(H,27,31)(H,29,32)(H,30,33)/t20-,21+,22+,23+/m1/s1. The van der Waals surface area contributed by atoms with Crippen molar-refractivity contribution >= 4 is 29.1 Å². The van der Waals surface area contributed by atoms with Crippen molar-refractivity contribution in [3.8, 4) is 0 Å². The first-order valence-electron chi connectivity index (χ1n) is 12.2. The molecule has 0 spiro atoms. The predicted octanol–water partition coefficient (Wildman–Crippen LogP) is 2.86. The van der Waals surface area contributed by atoms with Crippen LogP contribution in [0.2, 0.25) is 0 Å². The van der Waals surface area contributed by atoms with Gasteiger partial charge in [0.1, 0.15) is 12.1 Å². The molecule has 182 valence electrons. The Morgan fingerprint density at radius 2 is 1.79 bits per heavy atom. The number of rotatable bonds is 9. The van der Waals surface area contributed by atoms with Crippen LogP contribution in [0.5, 0.6) is 0 Å². The number of thiophene rings is 1. The Bertz CT molecular complexity index is 960. The molecule has 1 aromatic carbocycles. The summed E-state index contributed by atoms with van der Waals surface area (Å²) < 4.78 is 0. The van der Waals surface area contributed by atoms with E-state index in [0.29, 0.717) is 12.3 Å². The molecule has 34 heavy (non-hydrogen) atoms. The van der Waals surface area contributed by atoms with Gasteiger partial charge in [-0.1, -0.05) is 62.4 Å². The maximum atomic E-state index is 13.4. The third-order valence-corrected chi connectivity index (χ3v) is 7.77. The van der Waals surface area contributed by atoms with Gasteiger partial charge in [-0.3, -0.25) is 14.4 Å². The van der Waals surface area contributed by atoms with E-state index in [1.165, 1.54) is 30.6 Å². The minimum absolute atomic E-state index is 0.0669. The molecule has 1 aliphatic heterocycles. The lowest BCUT2D eigenvalue weighted by atomic mass is 9.84. The molecule has 0 radical (unpaired) electrons. The molecule has 2 aromatic rings. The quantitative estimate of drug-likeness (QED) is 0.442. The molecule has 1 saturated carbocycles. The Morgan fingerprint density at radius 3 is 2.41 bits per heavy atom. The summed E-state index contributed by atoms with van der Waals surface area (Å²) in [6.45, 7) is 0.720. The van der Waals surface area contributed by atoms with Gasteiger partial charge in [0.25, 0.3) is 0 Å². The van der Waals surface area contributed by atoms with Crippen LogP contribution in [-0.2, 0) is 14.4 Å². The average molecular weight is 483 g/mol. The Morgan fingerprint density at radius 1 is 1.03 bits per heavy atom. The Hall–Kier alpha value is -2.71. The zero-order valence-corrected chi connectivity index (χ0v) is 20.4. The average Bonchev–Trinajstić information content (AvgIpc) is 3.37. The molecule has 8 heteroatoms. The lowest BCUT2D eigenvalue weighted by Crippen LogP contribution is -2.60. The summed E-state index contributed by atoms with van der Waals surface area (Å²) in [5, 5.41) is 15.5. The van der Waals surface area contributed by atoms with E-state index in [1.54, 1.807) is 7.05 Å². The molecule has 1 aromatic heterocycles. The van der Waals surface area contributed by atoms with Crippen LogP contribution in [-0.4, -0.2) is 43.4 Å². The molecule has 0 bridgehead atoms. The molecule has 2 aliphatic rings. The molecule has 1 aliphatic carbocycles. The van der Waals surface area contributed by atoms with Gasteiger partial charge in [0, 0.05) is 19.5 Å². The summed E-state index contributed by atoms with van der Waals surface area (Å²) in [6.07, 6.45) is 6.37. The molecule has 4 rings (SSSR count). The van der Waals surface area contributed by atoms with E-state index in [2.05, 4.69) is 21.3 Å². The summed E-state index contributed by atoms with van der Waals surface area (Å²) in [6, 6.07) is 9.92. The monoisotopic (exact) mass is 482 g/mol. The van der Waals surface area contributed by atoms with Gasteiger partial charge in [-0.15, -0.1) is 0 Å². The van der Waals surface area contributed by atoms with Crippen LogP contribution in [0.15, 0.2) is 47.2 Å². The SMILES string of the molecule is CNC(=O)[C@H](CC1CCCCC1)NC(=O)[C@@H](NC(=O)[C@H]1NC[C@@H]1c1ccccc1)c1ccsc1. The van der Waals surface area contributed by atoms with Gasteiger partial charge in [-0.05, 0) is 40.3 Å². The molecule has 2 heterocycles. The summed E-state index contributed by atoms with van der Waals surface area (Å²) in [7, 11) is 1.59. The van der Waals surface area contributed by atoms with Crippen LogP contribution in [0.3, 0.4) is 0 Å². The van der Waals surface area contributed by atoms with Crippen LogP contribution in [0.1, 0.15) is 61.6 Å². The molecule has 0 unspecified atom stereocenters. The second-order valence-electron chi connectivity index (χ2n) is 9.32. The molecule has 1 saturated heterocycles. The number of hydrogen-bond acceptors (Lipinski definition) is 5. The Labute approximate surface area is 205 Å². The van der Waals surface area contributed by atoms with E-state index >= 15 is 0 Å². The third kappa shape index (κ3) is 5.85. The van der Waals surface area contributed by atoms with Crippen molar-refractivity contribution in [2.45, 2.75) is 62.6 Å². The summed E-state index contributed by atoms with van der Waals surface area (Å²) >= 11 is 1.47. The van der Waals surface area contributed by atoms with Gasteiger partial charge in [0.05, 0.1) is 6.04 Å². The second kappa shape index (κ2) is 11.6. The van der Waals surface area contributed by atoms with Gasteiger partial charge in [-0.2, -0.15) is 11.3 Å². The van der Waals surface area contributed by atoms with Crippen molar-refractivity contribution in [1.82, 2.24) is 21.3 Å². The zero-order chi connectivity index (χ0) is 23.9. The summed E-state index contributed by atoms with van der Waals surface area (Å²) in [5.74, 6) is -0.269. The largest absolute Gasteiger partial charge is 0.357 e. The number of likely N-dealkylation sites (N-methyl/N-ethyl adjacent to an activating group) is 1. The van der Waals surface area contributed by atoms with Gasteiger partial charge in [-0.25, -0.2) is 0 Å². The first kappa shape index (κ1) is 24.4. The predicted molar refractivity (Wildman–Crippen MR) is 133 cm³/mol. The fraction of sp³-hybridized carbons (Fsp3) is 0.500. The molecular weight excluding hydrogens is 448 g/mol. The normalized spacial score (nSPS) is 22.1. The highest BCUT2D eigenvalue weighted by molar-refractivity contribution is 7.08. The first-order chi connectivity index (χ1) is 16.6. The fourth-order valence-electron chi connectivity index (χ4n) is 5.03. The van der Waals surface area contributed by atoms with E-state index in [9.17, 15) is 14.4 Å². The number of benzene rings is 1. The van der Waals surface area contributed by atoms with Gasteiger partial charge < -0.3 is 21.3 Å². The fourth-order valence-corrected chi connectivity index (χ4v) is 5.71. The number of amides is 3. The third-order valence-electron chi connectivity index (χ3n) is 7.07. The van der Waals surface area contributed by atoms with Gasteiger partial charge >= 0.3 is 0 Å². The highest BCUT2D eigenvalue weighted by Gasteiger charge is 2.39. The maximum absolute atomic E-state index is 13.4. The molecule has 4 atom stereocenters. The Balaban J connectivity index is 1.45. The highest BCUT2D eigenvalue weighted by Crippen LogP contribution is 2.29. The summed E-state index contributed by atoms with van der Waals surface area (Å²) in [5.41, 5.74) is 1.82. The Kier molecular flexibility index (Phi) is 8.34. The summed E-state index contributed by atoms with van der Waals surface area (Å²) in [4.78, 5) is 39.2. The topological polar surface area (TPSA) is 99.3 Å². The van der Waals surface area contributed by atoms with Crippen LogP contribution < -0.4 is 21.3 Å². The van der Waals surface area contributed by atoms with Crippen LogP contribution in [0.4, 0.5) is 0 Å². The lowest BCUT2D eigenvalue weighted by Gasteiger charge is -2.38. The van der Waals surface area contributed by atoms with Gasteiger partial charge in [0.2, 0.25) is 17.7 Å². The molecule has 7 nitrogen and oxygen atoms in total. The highest BCUT2D eigenvalue weighted by atomic mass is 32.1. The van der Waals surface area contributed by atoms with Crippen molar-refractivity contribution in [1.29, 1.82) is 0 Å². The number of carbonyl (C=O) groups is 3. The maximum Gasteiger partial charge on any atom is 0.247 e. The van der Waals surface area contributed by atoms with Gasteiger partial charge in [0.15, 0.2) is 0 Å². The van der Waals surface area contributed by atoms with E-state index in [0.717, 1.165) is 30.5 Å². The lowest BCUT2D eigenvalue weighted by molar-refractivity contribution is -0.133. The molecule has 2 fully saturated rings. The van der Waals surface area contributed by atoms with Crippen LogP contribution in [0, 0.1) is 5.92 Å². The van der Waals surface area contributed by atoms with Crippen molar-refractivity contribution < 1.29 is 14.4 Å². The van der Waals surface area contributed by atoms with E-state index in [4.69, 9.17) is 0 Å². The number of carbonyl (C=O) groups excluding carboxylic acids is 3. The van der Waals surface area contributed by atoms with Crippen molar-refractivity contribution in [3.05, 3.63) is 58.3 Å². The minimum atomic E-state index is -0.851. The smallest absolute Gasteiger partial charge is 0.247 e. The molecule has 4 N–H and O–H groups in total. The minimum Gasteiger partial charge on any atom is -0.357 e. The van der Waals surface area contributed by atoms with E-state index < -0.39 is 18.1 Å². The van der Waals surface area contributed by atoms with Crippen LogP contribution >= 0.6 is 11.3 Å². The number of nitrogens with one attached hydrogen (secondary N) is 4. The van der Waals surface area contributed by atoms with Crippen molar-refractivity contribution in [2.24, 2.45) is 5.92 Å². The molecular formula is C26H34N4O3S. The van der Waals surface area contributed by atoms with Crippen molar-refractivity contribution in [3.63, 3.8) is 0 Å². The first-order valence-corrected chi connectivity index (χ1v) is 13.1. The van der Waals surface area contributed by atoms with Crippen molar-refractivity contribution in [2.75, 3.05) is 13.6 Å². The number of hydrogen-bond donors (Lipinski definition) is 4. The van der Waals surface area contributed by atoms with E-state index in [1.807, 2.05) is 47.2 Å². The zero-order valence-electron chi connectivity index (χ0n) is 19.6. The van der Waals surface area contributed by atoms with Crippen LogP contribution in [0.25, 0.3) is 0 Å². The van der Waals surface area contributed by atoms with E-state index in [-0.39, 0.29) is 23.6 Å². The second-order valence-corrected chi connectivity index (χ2v) is 10.1. The molecule has 3 amide bonds.